The molecule has 1 aromatic carbocycles. The third-order valence-electron chi connectivity index (χ3n) is 4.30. The Morgan fingerprint density at radius 1 is 1.15 bits per heavy atom. The van der Waals surface area contributed by atoms with E-state index in [9.17, 15) is 8.78 Å². The topological polar surface area (TPSA) is 37.7 Å². The van der Waals surface area contributed by atoms with Gasteiger partial charge in [0.2, 0.25) is 0 Å². The maximum absolute atomic E-state index is 14.5. The molecule has 0 unspecified atom stereocenters. The molecule has 4 nitrogen and oxygen atoms in total. The summed E-state index contributed by atoms with van der Waals surface area (Å²) < 4.78 is 33.3. The number of rotatable bonds is 3. The molecule has 136 valence electrons. The molecule has 1 aromatic heterocycles. The van der Waals surface area contributed by atoms with Crippen LogP contribution < -0.4 is 4.74 Å². The first-order chi connectivity index (χ1) is 13.1. The quantitative estimate of drug-likeness (QED) is 0.710. The Morgan fingerprint density at radius 2 is 2.00 bits per heavy atom. The zero-order valence-electron chi connectivity index (χ0n) is 14.3. The van der Waals surface area contributed by atoms with Gasteiger partial charge in [0, 0.05) is 36.1 Å². The minimum absolute atomic E-state index is 0.112. The van der Waals surface area contributed by atoms with Crippen LogP contribution in [0.1, 0.15) is 5.56 Å². The second-order valence-electron chi connectivity index (χ2n) is 5.96. The molecule has 0 spiro atoms. The summed E-state index contributed by atoms with van der Waals surface area (Å²) >= 11 is 5.87. The summed E-state index contributed by atoms with van der Waals surface area (Å²) in [5, 5.41) is -0.170. The molecular formula is C20H14ClF2N3O. The minimum atomic E-state index is -0.816. The Bertz CT molecular complexity index is 1040. The van der Waals surface area contributed by atoms with Crippen LogP contribution in [0.5, 0.6) is 5.75 Å². The van der Waals surface area contributed by atoms with Crippen LogP contribution in [0, 0.1) is 11.6 Å². The van der Waals surface area contributed by atoms with Gasteiger partial charge in [-0.15, -0.1) is 0 Å². The molecule has 0 aliphatic carbocycles. The molecule has 2 aliphatic heterocycles. The molecule has 0 bridgehead atoms. The molecule has 2 aromatic rings. The monoisotopic (exact) mass is 385 g/mol. The Kier molecular flexibility index (Phi) is 4.49. The smallest absolute Gasteiger partial charge is 0.144 e. The Balaban J connectivity index is 1.89. The maximum Gasteiger partial charge on any atom is 0.144 e. The molecule has 2 aliphatic rings. The number of hydrogen-bond donors (Lipinski definition) is 0. The Hall–Kier alpha value is -2.99. The number of hydrogen-bond acceptors (Lipinski definition) is 4. The number of benzene rings is 1. The van der Waals surface area contributed by atoms with Crippen molar-refractivity contribution >= 4 is 23.0 Å². The molecule has 27 heavy (non-hydrogen) atoms. The predicted octanol–water partition coefficient (Wildman–Crippen LogP) is 4.83. The van der Waals surface area contributed by atoms with Gasteiger partial charge in [0.25, 0.3) is 0 Å². The van der Waals surface area contributed by atoms with E-state index in [1.54, 1.807) is 12.3 Å². The zero-order chi connectivity index (χ0) is 19.0. The molecule has 4 rings (SSSR count). The molecule has 0 fully saturated rings. The molecule has 0 radical (unpaired) electrons. The van der Waals surface area contributed by atoms with Gasteiger partial charge in [-0.1, -0.05) is 11.6 Å². The Labute approximate surface area is 159 Å². The second-order valence-corrected chi connectivity index (χ2v) is 6.36. The van der Waals surface area contributed by atoms with E-state index in [4.69, 9.17) is 16.3 Å². The summed E-state index contributed by atoms with van der Waals surface area (Å²) in [6, 6.07) is 3.76. The molecule has 7 heteroatoms. The fourth-order valence-corrected chi connectivity index (χ4v) is 3.10. The van der Waals surface area contributed by atoms with Crippen molar-refractivity contribution in [3.63, 3.8) is 0 Å². The van der Waals surface area contributed by atoms with Crippen LogP contribution in [0.2, 0.25) is 5.02 Å². The maximum atomic E-state index is 14.5. The van der Waals surface area contributed by atoms with Crippen LogP contribution in [0.25, 0.3) is 16.8 Å². The molecular weight excluding hydrogens is 372 g/mol. The summed E-state index contributed by atoms with van der Waals surface area (Å²) in [7, 11) is 1.53. The first kappa shape index (κ1) is 17.4. The summed E-state index contributed by atoms with van der Waals surface area (Å²) in [4.78, 5) is 10.7. The van der Waals surface area contributed by atoms with Crippen molar-refractivity contribution in [3.8, 4) is 17.0 Å². The molecule has 0 N–H and O–H groups in total. The third-order valence-corrected chi connectivity index (χ3v) is 4.59. The number of aromatic nitrogens is 1. The van der Waals surface area contributed by atoms with Crippen molar-refractivity contribution in [3.05, 3.63) is 77.2 Å². The number of halogens is 3. The average Bonchev–Trinajstić information content (AvgIpc) is 2.70. The van der Waals surface area contributed by atoms with Crippen molar-refractivity contribution in [2.24, 2.45) is 4.99 Å². The summed E-state index contributed by atoms with van der Waals surface area (Å²) in [5.74, 6) is -0.273. The number of nitrogens with zero attached hydrogens (tertiary/aromatic N) is 3. The van der Waals surface area contributed by atoms with Crippen LogP contribution in [0.4, 0.5) is 8.78 Å². The standard InChI is InChI=1S/C20H14ClF2N3O/c1-27-13-8-14(12-3-6-26-5-2-4-24-19(26)7-12)20(25-11-13)15-9-16(21)18(23)10-17(15)22/h2-4,6-11H,5H2,1H3. The van der Waals surface area contributed by atoms with Gasteiger partial charge < -0.3 is 9.64 Å². The van der Waals surface area contributed by atoms with E-state index in [-0.39, 0.29) is 10.6 Å². The lowest BCUT2D eigenvalue weighted by atomic mass is 9.96. The van der Waals surface area contributed by atoms with Gasteiger partial charge in [-0.2, -0.15) is 0 Å². The Morgan fingerprint density at radius 3 is 2.81 bits per heavy atom. The van der Waals surface area contributed by atoms with E-state index >= 15 is 0 Å². The highest BCUT2D eigenvalue weighted by Crippen LogP contribution is 2.35. The van der Waals surface area contributed by atoms with Crippen molar-refractivity contribution < 1.29 is 13.5 Å². The van der Waals surface area contributed by atoms with E-state index < -0.39 is 11.6 Å². The number of ether oxygens (including phenoxy) is 1. The van der Waals surface area contributed by atoms with Gasteiger partial charge in [0.05, 0.1) is 24.0 Å². The molecule has 3 heterocycles. The highest BCUT2D eigenvalue weighted by atomic mass is 35.5. The fraction of sp³-hybridized carbons (Fsp3) is 0.100. The van der Waals surface area contributed by atoms with Crippen LogP contribution in [-0.2, 0) is 0 Å². The first-order valence-electron chi connectivity index (χ1n) is 8.15. The molecule has 0 saturated carbocycles. The van der Waals surface area contributed by atoms with E-state index in [0.29, 0.717) is 17.0 Å². The van der Waals surface area contributed by atoms with E-state index in [1.165, 1.54) is 19.4 Å². The van der Waals surface area contributed by atoms with E-state index in [1.807, 2.05) is 29.3 Å². The van der Waals surface area contributed by atoms with Crippen LogP contribution in [-0.4, -0.2) is 29.4 Å². The fourth-order valence-electron chi connectivity index (χ4n) is 2.94. The number of methoxy groups -OCH3 is 1. The van der Waals surface area contributed by atoms with Crippen LogP contribution in [0.15, 0.2) is 60.0 Å². The summed E-state index contributed by atoms with van der Waals surface area (Å²) in [6.45, 7) is 0.727. The minimum Gasteiger partial charge on any atom is -0.495 e. The van der Waals surface area contributed by atoms with Gasteiger partial charge in [-0.25, -0.2) is 13.8 Å². The number of pyridine rings is 1. The average molecular weight is 386 g/mol. The second kappa shape index (κ2) is 6.96. The molecule has 0 saturated heterocycles. The third kappa shape index (κ3) is 3.24. The van der Waals surface area contributed by atoms with Gasteiger partial charge in [-0.3, -0.25) is 4.98 Å². The number of aliphatic imine (C=N–C) groups is 1. The van der Waals surface area contributed by atoms with Gasteiger partial charge >= 0.3 is 0 Å². The van der Waals surface area contributed by atoms with Gasteiger partial charge in [-0.05, 0) is 35.9 Å². The highest BCUT2D eigenvalue weighted by Gasteiger charge is 2.20. The lowest BCUT2D eigenvalue weighted by Gasteiger charge is -2.25. The van der Waals surface area contributed by atoms with Crippen molar-refractivity contribution in [2.45, 2.75) is 0 Å². The van der Waals surface area contributed by atoms with Crippen LogP contribution in [0.3, 0.4) is 0 Å². The zero-order valence-corrected chi connectivity index (χ0v) is 15.0. The number of fused-ring (bicyclic) bond motifs is 1. The number of amidine groups is 1. The predicted molar refractivity (Wildman–Crippen MR) is 102 cm³/mol. The SMILES string of the molecule is COc1cnc(-c2cc(Cl)c(F)cc2F)c(C2=CC3=NC=CCN3C=C2)c1. The van der Waals surface area contributed by atoms with Gasteiger partial charge in [0.1, 0.15) is 23.2 Å². The number of allylic oxidation sites excluding steroid dienone is 2. The van der Waals surface area contributed by atoms with E-state index in [2.05, 4.69) is 9.98 Å². The summed E-state index contributed by atoms with van der Waals surface area (Å²) in [6.07, 6.45) is 10.8. The van der Waals surface area contributed by atoms with Crippen molar-refractivity contribution in [1.82, 2.24) is 9.88 Å². The van der Waals surface area contributed by atoms with Gasteiger partial charge in [0.15, 0.2) is 0 Å². The summed E-state index contributed by atoms with van der Waals surface area (Å²) in [5.41, 5.74) is 1.86. The largest absolute Gasteiger partial charge is 0.495 e. The lowest BCUT2D eigenvalue weighted by molar-refractivity contribution is 0.413. The molecule has 0 atom stereocenters. The highest BCUT2D eigenvalue weighted by molar-refractivity contribution is 6.31. The van der Waals surface area contributed by atoms with Crippen LogP contribution >= 0.6 is 11.6 Å². The normalized spacial score (nSPS) is 15.3. The van der Waals surface area contributed by atoms with Crippen molar-refractivity contribution in [1.29, 1.82) is 0 Å². The first-order valence-corrected chi connectivity index (χ1v) is 8.53. The lowest BCUT2D eigenvalue weighted by Crippen LogP contribution is -2.28. The molecule has 0 amide bonds. The van der Waals surface area contributed by atoms with Crippen molar-refractivity contribution in [2.75, 3.05) is 13.7 Å². The van der Waals surface area contributed by atoms with E-state index in [0.717, 1.165) is 24.0 Å².